The highest BCUT2D eigenvalue weighted by Crippen LogP contribution is 2.43. The predicted molar refractivity (Wildman–Crippen MR) is 97.0 cm³/mol. The van der Waals surface area contributed by atoms with E-state index in [9.17, 15) is 4.79 Å². The quantitative estimate of drug-likeness (QED) is 0.465. The fraction of sp³-hybridized carbons (Fsp3) is 0.0500. The Kier molecular flexibility index (Phi) is 3.36. The van der Waals surface area contributed by atoms with Crippen molar-refractivity contribution in [2.75, 3.05) is 0 Å². The fourth-order valence-corrected chi connectivity index (χ4v) is 4.02. The SMILES string of the molecule is CC(=O)n1c(-c2ccccc2)c(-c2ccccc2)c2sccc21. The van der Waals surface area contributed by atoms with Crippen LogP contribution < -0.4 is 0 Å². The van der Waals surface area contributed by atoms with Crippen LogP contribution in [0.1, 0.15) is 11.7 Å². The lowest BCUT2D eigenvalue weighted by Gasteiger charge is -2.10. The monoisotopic (exact) mass is 317 g/mol. The molecule has 2 nitrogen and oxygen atoms in total. The number of carbonyl (C=O) groups excluding carboxylic acids is 1. The van der Waals surface area contributed by atoms with Crippen molar-refractivity contribution >= 4 is 27.5 Å². The molecule has 0 aliphatic rings. The van der Waals surface area contributed by atoms with Gasteiger partial charge in [-0.1, -0.05) is 60.7 Å². The summed E-state index contributed by atoms with van der Waals surface area (Å²) in [6, 6.07) is 22.5. The van der Waals surface area contributed by atoms with Crippen LogP contribution >= 0.6 is 11.3 Å². The summed E-state index contributed by atoms with van der Waals surface area (Å²) in [5.74, 6) is 0.0365. The van der Waals surface area contributed by atoms with Crippen LogP contribution in [-0.2, 0) is 0 Å². The van der Waals surface area contributed by atoms with Crippen molar-refractivity contribution in [2.45, 2.75) is 6.92 Å². The van der Waals surface area contributed by atoms with Gasteiger partial charge in [-0.05, 0) is 22.6 Å². The van der Waals surface area contributed by atoms with Crippen LogP contribution in [0.4, 0.5) is 0 Å². The first-order chi connectivity index (χ1) is 11.3. The van der Waals surface area contributed by atoms with E-state index < -0.39 is 0 Å². The smallest absolute Gasteiger partial charge is 0.228 e. The largest absolute Gasteiger partial charge is 0.279 e. The van der Waals surface area contributed by atoms with Crippen molar-refractivity contribution in [1.29, 1.82) is 0 Å². The average molecular weight is 317 g/mol. The fourth-order valence-electron chi connectivity index (χ4n) is 3.07. The van der Waals surface area contributed by atoms with E-state index in [-0.39, 0.29) is 5.91 Å². The van der Waals surface area contributed by atoms with Gasteiger partial charge in [0.15, 0.2) is 0 Å². The van der Waals surface area contributed by atoms with Gasteiger partial charge in [0.2, 0.25) is 5.91 Å². The third-order valence-corrected chi connectivity index (χ3v) is 4.92. The molecule has 0 spiro atoms. The second-order valence-corrected chi connectivity index (χ2v) is 6.36. The Hall–Kier alpha value is -2.65. The molecule has 0 unspecified atom stereocenters. The molecule has 3 heteroatoms. The van der Waals surface area contributed by atoms with Crippen LogP contribution in [0.3, 0.4) is 0 Å². The number of hydrogen-bond donors (Lipinski definition) is 0. The lowest BCUT2D eigenvalue weighted by atomic mass is 10.0. The molecular weight excluding hydrogens is 302 g/mol. The summed E-state index contributed by atoms with van der Waals surface area (Å²) in [4.78, 5) is 12.4. The van der Waals surface area contributed by atoms with Crippen molar-refractivity contribution in [1.82, 2.24) is 4.57 Å². The molecule has 2 aromatic carbocycles. The molecule has 4 rings (SSSR count). The van der Waals surface area contributed by atoms with Crippen molar-refractivity contribution in [3.63, 3.8) is 0 Å². The summed E-state index contributed by atoms with van der Waals surface area (Å²) in [6.07, 6.45) is 0. The number of fused-ring (bicyclic) bond motifs is 1. The number of aromatic nitrogens is 1. The topological polar surface area (TPSA) is 22.0 Å². The second-order valence-electron chi connectivity index (χ2n) is 5.45. The predicted octanol–water partition coefficient (Wildman–Crippen LogP) is 5.70. The molecule has 0 fully saturated rings. The number of nitrogens with zero attached hydrogens (tertiary/aromatic N) is 1. The first-order valence-corrected chi connectivity index (χ1v) is 8.39. The van der Waals surface area contributed by atoms with Gasteiger partial charge in [-0.3, -0.25) is 9.36 Å². The zero-order chi connectivity index (χ0) is 15.8. The van der Waals surface area contributed by atoms with Gasteiger partial charge in [-0.2, -0.15) is 0 Å². The Morgan fingerprint density at radius 2 is 1.48 bits per heavy atom. The third kappa shape index (κ3) is 2.21. The molecule has 2 heterocycles. The molecule has 0 saturated heterocycles. The standard InChI is InChI=1S/C20H15NOS/c1-14(22)21-17-12-13-23-20(17)18(15-8-4-2-5-9-15)19(21)16-10-6-3-7-11-16/h2-13H,1H3. The third-order valence-electron chi connectivity index (χ3n) is 4.00. The van der Waals surface area contributed by atoms with Crippen LogP contribution in [-0.4, -0.2) is 10.5 Å². The molecular formula is C20H15NOS. The van der Waals surface area contributed by atoms with Crippen molar-refractivity contribution in [3.8, 4) is 22.4 Å². The summed E-state index contributed by atoms with van der Waals surface area (Å²) < 4.78 is 2.99. The average Bonchev–Trinajstić information content (AvgIpc) is 3.15. The van der Waals surface area contributed by atoms with E-state index in [0.29, 0.717) is 0 Å². The van der Waals surface area contributed by atoms with E-state index in [2.05, 4.69) is 24.3 Å². The number of rotatable bonds is 2. The number of benzene rings is 2. The van der Waals surface area contributed by atoms with Crippen molar-refractivity contribution in [2.24, 2.45) is 0 Å². The number of thiophene rings is 1. The van der Waals surface area contributed by atoms with E-state index >= 15 is 0 Å². The second kappa shape index (κ2) is 5.52. The van der Waals surface area contributed by atoms with Gasteiger partial charge in [0.25, 0.3) is 0 Å². The molecule has 0 saturated carbocycles. The highest BCUT2D eigenvalue weighted by molar-refractivity contribution is 7.17. The van der Waals surface area contributed by atoms with Crippen molar-refractivity contribution in [3.05, 3.63) is 72.1 Å². The van der Waals surface area contributed by atoms with Gasteiger partial charge >= 0.3 is 0 Å². The van der Waals surface area contributed by atoms with Crippen LogP contribution in [0, 0.1) is 0 Å². The van der Waals surface area contributed by atoms with E-state index in [4.69, 9.17) is 0 Å². The first-order valence-electron chi connectivity index (χ1n) is 7.51. The van der Waals surface area contributed by atoms with E-state index in [1.54, 1.807) is 18.3 Å². The highest BCUT2D eigenvalue weighted by Gasteiger charge is 2.22. The van der Waals surface area contributed by atoms with Crippen LogP contribution in [0.2, 0.25) is 0 Å². The summed E-state index contributed by atoms with van der Waals surface area (Å²) >= 11 is 1.68. The summed E-state index contributed by atoms with van der Waals surface area (Å²) in [6.45, 7) is 1.62. The van der Waals surface area contributed by atoms with Crippen molar-refractivity contribution < 1.29 is 4.79 Å². The minimum absolute atomic E-state index is 0.0365. The van der Waals surface area contributed by atoms with Gasteiger partial charge in [0, 0.05) is 12.5 Å². The molecule has 0 N–H and O–H groups in total. The highest BCUT2D eigenvalue weighted by atomic mass is 32.1. The van der Waals surface area contributed by atoms with Gasteiger partial charge < -0.3 is 0 Å². The molecule has 0 atom stereocenters. The summed E-state index contributed by atoms with van der Waals surface area (Å²) in [5, 5.41) is 2.05. The van der Waals surface area contributed by atoms with Gasteiger partial charge in [-0.25, -0.2) is 0 Å². The molecule has 0 amide bonds. The molecule has 2 aromatic heterocycles. The Morgan fingerprint density at radius 3 is 2.09 bits per heavy atom. The minimum atomic E-state index is 0.0365. The normalized spacial score (nSPS) is 11.0. The molecule has 4 aromatic rings. The summed E-state index contributed by atoms with van der Waals surface area (Å²) in [7, 11) is 0. The molecule has 112 valence electrons. The maximum absolute atomic E-state index is 12.4. The maximum atomic E-state index is 12.4. The van der Waals surface area contributed by atoms with Crippen LogP contribution in [0.25, 0.3) is 32.6 Å². The lowest BCUT2D eigenvalue weighted by molar-refractivity contribution is 0.0943. The zero-order valence-electron chi connectivity index (χ0n) is 12.7. The minimum Gasteiger partial charge on any atom is -0.279 e. The Morgan fingerprint density at radius 1 is 0.870 bits per heavy atom. The van der Waals surface area contributed by atoms with E-state index in [0.717, 1.165) is 32.6 Å². The molecule has 23 heavy (non-hydrogen) atoms. The van der Waals surface area contributed by atoms with Gasteiger partial charge in [-0.15, -0.1) is 11.3 Å². The zero-order valence-corrected chi connectivity index (χ0v) is 13.5. The number of hydrogen-bond acceptors (Lipinski definition) is 2. The Labute approximate surface area is 138 Å². The maximum Gasteiger partial charge on any atom is 0.228 e. The molecule has 0 aliphatic heterocycles. The summed E-state index contributed by atoms with van der Waals surface area (Å²) in [5.41, 5.74) is 5.30. The Balaban J connectivity index is 2.16. The molecule has 0 radical (unpaired) electrons. The number of carbonyl (C=O) groups is 1. The van der Waals surface area contributed by atoms with Crippen LogP contribution in [0.5, 0.6) is 0 Å². The molecule has 0 aliphatic carbocycles. The van der Waals surface area contributed by atoms with Gasteiger partial charge in [0.05, 0.1) is 15.9 Å². The van der Waals surface area contributed by atoms with E-state index in [1.165, 1.54) is 0 Å². The first kappa shape index (κ1) is 14.0. The van der Waals surface area contributed by atoms with E-state index in [1.807, 2.05) is 52.4 Å². The van der Waals surface area contributed by atoms with Gasteiger partial charge in [0.1, 0.15) is 0 Å². The lowest BCUT2D eigenvalue weighted by Crippen LogP contribution is -2.07. The van der Waals surface area contributed by atoms with Crippen LogP contribution in [0.15, 0.2) is 72.1 Å². The molecule has 0 bridgehead atoms. The Bertz CT molecular complexity index is 981.